The molecular weight excluding hydrogens is 210 g/mol. The van der Waals surface area contributed by atoms with Gasteiger partial charge in [-0.05, 0) is 30.7 Å². The molecule has 1 aliphatic rings. The van der Waals surface area contributed by atoms with Crippen LogP contribution >= 0.6 is 11.3 Å². The number of thiophene rings is 1. The summed E-state index contributed by atoms with van der Waals surface area (Å²) < 4.78 is 5.53. The fourth-order valence-corrected chi connectivity index (χ4v) is 2.31. The van der Waals surface area contributed by atoms with Crippen molar-refractivity contribution in [3.63, 3.8) is 0 Å². The maximum atomic E-state index is 11.6. The minimum Gasteiger partial charge on any atom is -0.376 e. The van der Waals surface area contributed by atoms with Crippen LogP contribution in [-0.4, -0.2) is 25.2 Å². The van der Waals surface area contributed by atoms with Gasteiger partial charge in [0, 0.05) is 13.2 Å². The van der Waals surface area contributed by atoms with Crippen LogP contribution < -0.4 is 5.32 Å². The van der Waals surface area contributed by atoms with E-state index in [9.17, 15) is 4.79 Å². The van der Waals surface area contributed by atoms with Crippen LogP contribution in [0.5, 0.6) is 0 Å². The van der Waals surface area contributed by atoms with Gasteiger partial charge in [0.2, 0.25) is 0 Å². The normalized spacial score (nSPS) is 21.2. The summed E-state index contributed by atoms with van der Waals surface area (Å²) >= 11 is 1.46. The summed E-state index contributed by atoms with van der Waals surface area (Å²) in [6.07, 6.45) is 3.63. The van der Waals surface area contributed by atoms with Gasteiger partial charge in [-0.1, -0.05) is 6.07 Å². The second kappa shape index (κ2) is 5.28. The molecule has 0 radical (unpaired) electrons. The van der Waals surface area contributed by atoms with Crippen molar-refractivity contribution in [3.8, 4) is 0 Å². The van der Waals surface area contributed by atoms with Gasteiger partial charge >= 0.3 is 0 Å². The maximum absolute atomic E-state index is 11.6. The van der Waals surface area contributed by atoms with Gasteiger partial charge in [-0.25, -0.2) is 0 Å². The van der Waals surface area contributed by atoms with Crippen molar-refractivity contribution in [2.24, 2.45) is 0 Å². The third-order valence-corrected chi connectivity index (χ3v) is 3.38. The van der Waals surface area contributed by atoms with Crippen molar-refractivity contribution < 1.29 is 9.53 Å². The molecule has 0 saturated carbocycles. The second-order valence-corrected chi connectivity index (χ2v) is 4.62. The van der Waals surface area contributed by atoms with Crippen LogP contribution in [0.15, 0.2) is 17.5 Å². The van der Waals surface area contributed by atoms with E-state index in [0.29, 0.717) is 6.54 Å². The summed E-state index contributed by atoms with van der Waals surface area (Å²) in [6, 6.07) is 3.72. The van der Waals surface area contributed by atoms with Crippen molar-refractivity contribution in [2.75, 3.05) is 13.2 Å². The third-order valence-electron chi connectivity index (χ3n) is 2.51. The minimum absolute atomic E-state index is 0.0131. The summed E-state index contributed by atoms with van der Waals surface area (Å²) in [5, 5.41) is 4.81. The fourth-order valence-electron chi connectivity index (χ4n) is 1.67. The van der Waals surface area contributed by atoms with Crippen LogP contribution in [0.3, 0.4) is 0 Å². The molecule has 82 valence electrons. The Kier molecular flexibility index (Phi) is 3.75. The Morgan fingerprint density at radius 2 is 2.53 bits per heavy atom. The first-order valence-electron chi connectivity index (χ1n) is 5.29. The highest BCUT2D eigenvalue weighted by molar-refractivity contribution is 7.12. The minimum atomic E-state index is 0.0131. The molecule has 4 heteroatoms. The largest absolute Gasteiger partial charge is 0.376 e. The standard InChI is InChI=1S/C11H15NO2S/c13-11(10-5-3-7-15-10)12-8-9-4-1-2-6-14-9/h3,5,7,9H,1-2,4,6,8H2,(H,12,13). The summed E-state index contributed by atoms with van der Waals surface area (Å²) in [5.41, 5.74) is 0. The van der Waals surface area contributed by atoms with Crippen LogP contribution in [0.1, 0.15) is 28.9 Å². The van der Waals surface area contributed by atoms with E-state index in [1.165, 1.54) is 17.8 Å². The molecule has 2 rings (SSSR count). The molecule has 0 aromatic carbocycles. The Balaban J connectivity index is 1.75. The number of rotatable bonds is 3. The van der Waals surface area contributed by atoms with E-state index in [4.69, 9.17) is 4.74 Å². The van der Waals surface area contributed by atoms with Crippen LogP contribution in [0, 0.1) is 0 Å². The van der Waals surface area contributed by atoms with E-state index in [-0.39, 0.29) is 12.0 Å². The van der Waals surface area contributed by atoms with E-state index in [2.05, 4.69) is 5.32 Å². The third kappa shape index (κ3) is 3.04. The molecule has 1 fully saturated rings. The molecule has 0 bridgehead atoms. The van der Waals surface area contributed by atoms with Gasteiger partial charge in [-0.15, -0.1) is 11.3 Å². The molecule has 15 heavy (non-hydrogen) atoms. The van der Waals surface area contributed by atoms with Gasteiger partial charge in [0.1, 0.15) is 0 Å². The van der Waals surface area contributed by atoms with E-state index < -0.39 is 0 Å². The summed E-state index contributed by atoms with van der Waals surface area (Å²) in [4.78, 5) is 12.4. The first kappa shape index (κ1) is 10.6. The molecule has 2 heterocycles. The fraction of sp³-hybridized carbons (Fsp3) is 0.545. The molecule has 1 N–H and O–H groups in total. The average molecular weight is 225 g/mol. The van der Waals surface area contributed by atoms with Crippen LogP contribution in [0.4, 0.5) is 0 Å². The number of ether oxygens (including phenoxy) is 1. The SMILES string of the molecule is O=C(NCC1CCCCO1)c1cccs1. The van der Waals surface area contributed by atoms with E-state index in [1.54, 1.807) is 0 Å². The van der Waals surface area contributed by atoms with E-state index >= 15 is 0 Å². The zero-order valence-electron chi connectivity index (χ0n) is 8.57. The van der Waals surface area contributed by atoms with E-state index in [0.717, 1.165) is 24.3 Å². The number of hydrogen-bond acceptors (Lipinski definition) is 3. The van der Waals surface area contributed by atoms with Gasteiger partial charge in [-0.3, -0.25) is 4.79 Å². The highest BCUT2D eigenvalue weighted by Gasteiger charge is 2.15. The Bertz CT molecular complexity index is 304. The molecule has 1 atom stereocenters. The zero-order chi connectivity index (χ0) is 10.5. The molecule has 3 nitrogen and oxygen atoms in total. The van der Waals surface area contributed by atoms with Gasteiger partial charge in [0.05, 0.1) is 11.0 Å². The Morgan fingerprint density at radius 1 is 1.60 bits per heavy atom. The summed E-state index contributed by atoms with van der Waals surface area (Å²) in [6.45, 7) is 1.47. The van der Waals surface area contributed by atoms with Crippen molar-refractivity contribution in [2.45, 2.75) is 25.4 Å². The number of carbonyl (C=O) groups excluding carboxylic acids is 1. The highest BCUT2D eigenvalue weighted by atomic mass is 32.1. The molecule has 0 spiro atoms. The summed E-state index contributed by atoms with van der Waals surface area (Å²) in [7, 11) is 0. The van der Waals surface area contributed by atoms with Gasteiger partial charge < -0.3 is 10.1 Å². The lowest BCUT2D eigenvalue weighted by molar-refractivity contribution is 0.0169. The van der Waals surface area contributed by atoms with Crippen molar-refractivity contribution in [1.82, 2.24) is 5.32 Å². The monoisotopic (exact) mass is 225 g/mol. The van der Waals surface area contributed by atoms with Crippen molar-refractivity contribution in [3.05, 3.63) is 22.4 Å². The van der Waals surface area contributed by atoms with Crippen LogP contribution in [0.25, 0.3) is 0 Å². The maximum Gasteiger partial charge on any atom is 0.261 e. The molecule has 1 saturated heterocycles. The second-order valence-electron chi connectivity index (χ2n) is 3.68. The van der Waals surface area contributed by atoms with Crippen LogP contribution in [-0.2, 0) is 4.74 Å². The summed E-state index contributed by atoms with van der Waals surface area (Å²) in [5.74, 6) is 0.0131. The predicted octanol–water partition coefficient (Wildman–Crippen LogP) is 2.05. The Labute approximate surface area is 93.4 Å². The number of carbonyl (C=O) groups is 1. The lowest BCUT2D eigenvalue weighted by atomic mass is 10.1. The molecule has 1 aromatic heterocycles. The van der Waals surface area contributed by atoms with Crippen LogP contribution in [0.2, 0.25) is 0 Å². The quantitative estimate of drug-likeness (QED) is 0.855. The molecule has 1 aromatic rings. The first-order chi connectivity index (χ1) is 7.36. The topological polar surface area (TPSA) is 38.3 Å². The van der Waals surface area contributed by atoms with Crippen molar-refractivity contribution >= 4 is 17.2 Å². The van der Waals surface area contributed by atoms with E-state index in [1.807, 2.05) is 17.5 Å². The molecule has 1 amide bonds. The Hall–Kier alpha value is -0.870. The molecule has 0 aliphatic carbocycles. The van der Waals surface area contributed by atoms with Crippen molar-refractivity contribution in [1.29, 1.82) is 0 Å². The predicted molar refractivity (Wildman–Crippen MR) is 60.2 cm³/mol. The zero-order valence-corrected chi connectivity index (χ0v) is 9.39. The van der Waals surface area contributed by atoms with Gasteiger partial charge in [-0.2, -0.15) is 0 Å². The number of nitrogens with one attached hydrogen (secondary N) is 1. The highest BCUT2D eigenvalue weighted by Crippen LogP contribution is 2.12. The number of amides is 1. The molecule has 1 unspecified atom stereocenters. The number of hydrogen-bond donors (Lipinski definition) is 1. The smallest absolute Gasteiger partial charge is 0.261 e. The van der Waals surface area contributed by atoms with Gasteiger partial charge in [0.15, 0.2) is 0 Å². The lowest BCUT2D eigenvalue weighted by Crippen LogP contribution is -2.35. The van der Waals surface area contributed by atoms with Gasteiger partial charge in [0.25, 0.3) is 5.91 Å². The molecule has 1 aliphatic heterocycles. The molecular formula is C11H15NO2S. The Morgan fingerprint density at radius 3 is 3.20 bits per heavy atom. The first-order valence-corrected chi connectivity index (χ1v) is 6.17. The lowest BCUT2D eigenvalue weighted by Gasteiger charge is -2.22. The average Bonchev–Trinajstić information content (AvgIpc) is 2.81.